The fraction of sp³-hybridized carbons (Fsp3) is 0.750. The number of hydrogen-bond acceptors (Lipinski definition) is 2. The van der Waals surface area contributed by atoms with E-state index in [2.05, 4.69) is 0 Å². The predicted molar refractivity (Wildman–Crippen MR) is 25.9 cm³/mol. The summed E-state index contributed by atoms with van der Waals surface area (Å²) in [7, 11) is 0. The lowest BCUT2D eigenvalue weighted by Crippen LogP contribution is -2.02. The molecule has 0 bridgehead atoms. The van der Waals surface area contributed by atoms with Gasteiger partial charge in [0.25, 0.3) is 0 Å². The van der Waals surface area contributed by atoms with E-state index in [1.54, 1.807) is 0 Å². The number of carbonyl (C=O) groups is 1. The first-order valence-electron chi connectivity index (χ1n) is 2.19. The first-order valence-corrected chi connectivity index (χ1v) is 2.19. The number of aliphatic carboxylic acids is 1. The van der Waals surface area contributed by atoms with E-state index < -0.39 is 5.97 Å². The molecule has 0 heterocycles. The Morgan fingerprint density at radius 3 is 2.43 bits per heavy atom. The molecule has 0 aliphatic carbocycles. The Hall–Kier alpha value is -0.570. The molecule has 42 valence electrons. The Morgan fingerprint density at radius 1 is 1.71 bits per heavy atom. The van der Waals surface area contributed by atoms with Crippen LogP contribution in [0.1, 0.15) is 12.8 Å². The summed E-state index contributed by atoms with van der Waals surface area (Å²) in [6.07, 6.45) is 0.770. The standard InChI is InChI=1S/C4H9NO2/c5-3-1-2-4(6)7/h1-3,5H2,(H,6,7)/i4+2. The van der Waals surface area contributed by atoms with Gasteiger partial charge in [-0.15, -0.1) is 0 Å². The fourth-order valence-corrected chi connectivity index (χ4v) is 0.253. The second-order valence-electron chi connectivity index (χ2n) is 1.29. The molecule has 0 atom stereocenters. The first kappa shape index (κ1) is 6.43. The third-order valence-electron chi connectivity index (χ3n) is 0.595. The van der Waals surface area contributed by atoms with Crippen LogP contribution in [0.5, 0.6) is 0 Å². The number of nitrogens with two attached hydrogens (primary N) is 1. The maximum atomic E-state index is 9.70. The molecule has 0 saturated heterocycles. The minimum Gasteiger partial charge on any atom is -0.481 e. The molecule has 0 aliphatic rings. The van der Waals surface area contributed by atoms with Gasteiger partial charge in [-0.2, -0.15) is 0 Å². The van der Waals surface area contributed by atoms with Gasteiger partial charge in [0.1, 0.15) is 0 Å². The van der Waals surface area contributed by atoms with Crippen LogP contribution >= 0.6 is 0 Å². The third kappa shape index (κ3) is 5.43. The summed E-state index contributed by atoms with van der Waals surface area (Å²) in [5.41, 5.74) is 5.01. The predicted octanol–water partition coefficient (Wildman–Crippen LogP) is -0.190. The highest BCUT2D eigenvalue weighted by Crippen LogP contribution is 1.82. The molecule has 3 N–H and O–H groups in total. The van der Waals surface area contributed by atoms with Crippen LogP contribution in [0, 0.1) is 0 Å². The topological polar surface area (TPSA) is 63.3 Å². The highest BCUT2D eigenvalue weighted by molar-refractivity contribution is 5.66. The van der Waals surface area contributed by atoms with E-state index in [0.717, 1.165) is 0 Å². The van der Waals surface area contributed by atoms with E-state index in [1.165, 1.54) is 0 Å². The zero-order valence-electron chi connectivity index (χ0n) is 4.05. The summed E-state index contributed by atoms with van der Waals surface area (Å²) in [5.74, 6) is -0.773. The minimum atomic E-state index is -0.773. The van der Waals surface area contributed by atoms with Crippen LogP contribution in [-0.2, 0) is 4.79 Å². The molecule has 3 heteroatoms. The molecule has 0 aromatic carbocycles. The molecule has 0 radical (unpaired) electrons. The number of hydrogen-bond donors (Lipinski definition) is 2. The maximum Gasteiger partial charge on any atom is 0.303 e. The summed E-state index contributed by atoms with van der Waals surface area (Å²) in [6.45, 7) is 0.465. The molecule has 3 nitrogen and oxygen atoms in total. The average Bonchev–Trinajstić information content (AvgIpc) is 1.61. The van der Waals surface area contributed by atoms with Crippen molar-refractivity contribution < 1.29 is 9.90 Å². The molecule has 0 aromatic heterocycles. The van der Waals surface area contributed by atoms with E-state index in [1.807, 2.05) is 0 Å². The van der Waals surface area contributed by atoms with Crippen molar-refractivity contribution in [2.75, 3.05) is 6.54 Å². The minimum absolute atomic E-state index is 0.191. The van der Waals surface area contributed by atoms with Crippen LogP contribution in [0.3, 0.4) is 0 Å². The normalized spacial score (nSPS) is 8.71. The summed E-state index contributed by atoms with van der Waals surface area (Å²) in [5, 5.41) is 7.99. The number of rotatable bonds is 3. The van der Waals surface area contributed by atoms with Crippen molar-refractivity contribution in [3.63, 3.8) is 0 Å². The van der Waals surface area contributed by atoms with Crippen molar-refractivity contribution >= 4 is 5.97 Å². The second-order valence-corrected chi connectivity index (χ2v) is 1.29. The molecule has 0 amide bonds. The van der Waals surface area contributed by atoms with Crippen molar-refractivity contribution in [3.8, 4) is 0 Å². The van der Waals surface area contributed by atoms with E-state index in [-0.39, 0.29) is 6.42 Å². The van der Waals surface area contributed by atoms with Gasteiger partial charge >= 0.3 is 5.97 Å². The Balaban J connectivity index is 2.82. The Labute approximate surface area is 42.1 Å². The molecule has 0 spiro atoms. The van der Waals surface area contributed by atoms with Crippen molar-refractivity contribution in [1.29, 1.82) is 0 Å². The van der Waals surface area contributed by atoms with E-state index in [9.17, 15) is 4.79 Å². The van der Waals surface area contributed by atoms with Gasteiger partial charge in [0.05, 0.1) is 0 Å². The van der Waals surface area contributed by atoms with E-state index in [0.29, 0.717) is 13.0 Å². The quantitative estimate of drug-likeness (QED) is 0.523. The lowest BCUT2D eigenvalue weighted by atomic mass is 10.4. The van der Waals surface area contributed by atoms with Crippen LogP contribution in [0.2, 0.25) is 0 Å². The lowest BCUT2D eigenvalue weighted by Gasteiger charge is -1.86. The molecule has 0 aliphatic heterocycles. The van der Waals surface area contributed by atoms with E-state index in [4.69, 9.17) is 10.8 Å². The second kappa shape index (κ2) is 3.61. The van der Waals surface area contributed by atoms with Gasteiger partial charge in [0.15, 0.2) is 0 Å². The SMILES string of the molecule is NCCC[14C](=O)O. The molecule has 0 rings (SSSR count). The van der Waals surface area contributed by atoms with Gasteiger partial charge in [0, 0.05) is 6.42 Å². The molecule has 0 aromatic rings. The summed E-state index contributed by atoms with van der Waals surface area (Å²) >= 11 is 0. The molecule has 0 fully saturated rings. The largest absolute Gasteiger partial charge is 0.481 e. The smallest absolute Gasteiger partial charge is 0.303 e. The molecular formula is C4H9NO2. The van der Waals surface area contributed by atoms with Crippen molar-refractivity contribution in [3.05, 3.63) is 0 Å². The van der Waals surface area contributed by atoms with Crippen molar-refractivity contribution in [2.45, 2.75) is 12.8 Å². The first-order chi connectivity index (χ1) is 3.27. The zero-order chi connectivity index (χ0) is 5.70. The third-order valence-corrected chi connectivity index (χ3v) is 0.595. The van der Waals surface area contributed by atoms with Crippen LogP contribution in [-0.4, -0.2) is 17.6 Å². The Bertz CT molecular complexity index is 62.7. The zero-order valence-corrected chi connectivity index (χ0v) is 4.05. The Kier molecular flexibility index (Phi) is 3.32. The molecule has 0 saturated carbocycles. The highest BCUT2D eigenvalue weighted by Gasteiger charge is 1.91. The number of carboxylic acid groups (broad SMARTS) is 1. The molecule has 0 unspecified atom stereocenters. The van der Waals surface area contributed by atoms with Gasteiger partial charge in [0.2, 0.25) is 0 Å². The fourth-order valence-electron chi connectivity index (χ4n) is 0.253. The van der Waals surface area contributed by atoms with Gasteiger partial charge in [-0.05, 0) is 13.0 Å². The van der Waals surface area contributed by atoms with Gasteiger partial charge in [-0.3, -0.25) is 4.79 Å². The number of carboxylic acids is 1. The summed E-state index contributed by atoms with van der Waals surface area (Å²) < 4.78 is 0. The van der Waals surface area contributed by atoms with Gasteiger partial charge < -0.3 is 10.8 Å². The van der Waals surface area contributed by atoms with Gasteiger partial charge in [-0.1, -0.05) is 0 Å². The van der Waals surface area contributed by atoms with Crippen LogP contribution in [0.25, 0.3) is 0 Å². The lowest BCUT2D eigenvalue weighted by molar-refractivity contribution is -0.137. The van der Waals surface area contributed by atoms with Crippen LogP contribution in [0.15, 0.2) is 0 Å². The van der Waals surface area contributed by atoms with Crippen LogP contribution < -0.4 is 5.73 Å². The molecular weight excluding hydrogens is 96.0 g/mol. The van der Waals surface area contributed by atoms with Crippen molar-refractivity contribution in [2.24, 2.45) is 5.73 Å². The maximum absolute atomic E-state index is 9.70. The monoisotopic (exact) mass is 105 g/mol. The van der Waals surface area contributed by atoms with Gasteiger partial charge in [-0.25, -0.2) is 0 Å². The molecule has 7 heavy (non-hydrogen) atoms. The Morgan fingerprint density at radius 2 is 2.29 bits per heavy atom. The average molecular weight is 105 g/mol. The van der Waals surface area contributed by atoms with Crippen LogP contribution in [0.4, 0.5) is 0 Å². The summed E-state index contributed by atoms with van der Waals surface area (Å²) in [6, 6.07) is 0. The summed E-state index contributed by atoms with van der Waals surface area (Å²) in [4.78, 5) is 9.70. The van der Waals surface area contributed by atoms with E-state index >= 15 is 0 Å². The highest BCUT2D eigenvalue weighted by atomic mass is 16.6. The van der Waals surface area contributed by atoms with Crippen molar-refractivity contribution in [1.82, 2.24) is 0 Å².